The molecular weight excluding hydrogens is 475 g/mol. The van der Waals surface area contributed by atoms with E-state index in [-0.39, 0.29) is 33.1 Å². The third-order valence-electron chi connectivity index (χ3n) is 5.49. The normalized spacial score (nSPS) is 12.4. The summed E-state index contributed by atoms with van der Waals surface area (Å²) >= 11 is 0. The molecule has 9 heteroatoms. The molecule has 0 saturated heterocycles. The van der Waals surface area contributed by atoms with E-state index in [0.717, 1.165) is 17.8 Å². The summed E-state index contributed by atoms with van der Waals surface area (Å²) < 4.78 is 69.6. The van der Waals surface area contributed by atoms with Gasteiger partial charge in [0.2, 0.25) is 19.9 Å². The molecule has 182 valence electrons. The Kier molecular flexibility index (Phi) is 7.90. The first kappa shape index (κ1) is 26.0. The van der Waals surface area contributed by atoms with Crippen LogP contribution in [-0.2, 0) is 26.3 Å². The van der Waals surface area contributed by atoms with E-state index in [4.69, 9.17) is 0 Å². The second kappa shape index (κ2) is 10.3. The van der Waals surface area contributed by atoms with Gasteiger partial charge in [-0.1, -0.05) is 39.8 Å². The fourth-order valence-electron chi connectivity index (χ4n) is 3.64. The molecule has 0 spiro atoms. The van der Waals surface area contributed by atoms with Crippen LogP contribution in [0.15, 0.2) is 75.5 Å². The number of benzene rings is 2. The zero-order valence-electron chi connectivity index (χ0n) is 19.6. The molecule has 0 bridgehead atoms. The van der Waals surface area contributed by atoms with E-state index in [9.17, 15) is 21.2 Å². The Labute approximate surface area is 201 Å². The van der Waals surface area contributed by atoms with Crippen LogP contribution in [-0.4, -0.2) is 28.4 Å². The fourth-order valence-corrected chi connectivity index (χ4v) is 6.75. The van der Waals surface area contributed by atoms with Gasteiger partial charge in [-0.3, -0.25) is 4.98 Å². The topological polar surface area (TPSA) is 93.2 Å². The Morgan fingerprint density at radius 2 is 1.47 bits per heavy atom. The van der Waals surface area contributed by atoms with Gasteiger partial charge < -0.3 is 0 Å². The summed E-state index contributed by atoms with van der Waals surface area (Å²) in [5.74, 6) is -0.905. The van der Waals surface area contributed by atoms with E-state index in [2.05, 4.69) is 9.71 Å². The number of pyridine rings is 1. The van der Waals surface area contributed by atoms with E-state index in [0.29, 0.717) is 17.5 Å². The first-order chi connectivity index (χ1) is 15.9. The highest BCUT2D eigenvalue weighted by Crippen LogP contribution is 2.35. The van der Waals surface area contributed by atoms with Crippen molar-refractivity contribution >= 4 is 19.9 Å². The smallest absolute Gasteiger partial charge is 0.240 e. The SMILES string of the molecule is CC(C)c1cc(C(C)C)c(S(=O)(=O)c2ccc(F)cc2)cc1S(=O)(=O)NCCc1ccccn1. The first-order valence-electron chi connectivity index (χ1n) is 11.0. The van der Waals surface area contributed by atoms with Gasteiger partial charge in [0.25, 0.3) is 0 Å². The van der Waals surface area contributed by atoms with Crippen LogP contribution in [0.4, 0.5) is 4.39 Å². The van der Waals surface area contributed by atoms with Crippen LogP contribution >= 0.6 is 0 Å². The maximum Gasteiger partial charge on any atom is 0.240 e. The number of sulfone groups is 1. The molecule has 1 N–H and O–H groups in total. The number of nitrogens with zero attached hydrogens (tertiary/aromatic N) is 1. The second-order valence-electron chi connectivity index (χ2n) is 8.66. The van der Waals surface area contributed by atoms with Crippen molar-refractivity contribution in [3.8, 4) is 0 Å². The summed E-state index contributed by atoms with van der Waals surface area (Å²) in [4.78, 5) is 3.93. The first-order valence-corrected chi connectivity index (χ1v) is 14.0. The lowest BCUT2D eigenvalue weighted by Gasteiger charge is -2.21. The molecule has 0 aliphatic rings. The minimum Gasteiger partial charge on any atom is -0.261 e. The zero-order valence-corrected chi connectivity index (χ0v) is 21.3. The van der Waals surface area contributed by atoms with Crippen LogP contribution in [0.25, 0.3) is 0 Å². The van der Waals surface area contributed by atoms with Crippen LogP contribution in [0.2, 0.25) is 0 Å². The third-order valence-corrected chi connectivity index (χ3v) is 8.83. The van der Waals surface area contributed by atoms with Crippen molar-refractivity contribution in [2.75, 3.05) is 6.54 Å². The lowest BCUT2D eigenvalue weighted by molar-refractivity contribution is 0.577. The Balaban J connectivity index is 2.10. The summed E-state index contributed by atoms with van der Waals surface area (Å²) in [7, 11) is -8.11. The minimum absolute atomic E-state index is 0.0754. The number of sulfonamides is 1. The van der Waals surface area contributed by atoms with Gasteiger partial charge in [-0.15, -0.1) is 0 Å². The number of rotatable bonds is 9. The number of nitrogens with one attached hydrogen (secondary N) is 1. The number of halogens is 1. The maximum atomic E-state index is 13.5. The average molecular weight is 505 g/mol. The van der Waals surface area contributed by atoms with Crippen LogP contribution < -0.4 is 4.72 Å². The summed E-state index contributed by atoms with van der Waals surface area (Å²) in [6.07, 6.45) is 2.03. The molecular formula is C25H29FN2O4S2. The molecule has 3 aromatic rings. The zero-order chi connectivity index (χ0) is 25.1. The van der Waals surface area contributed by atoms with Crippen molar-refractivity contribution in [1.82, 2.24) is 9.71 Å². The molecule has 0 aliphatic carbocycles. The number of aromatic nitrogens is 1. The van der Waals surface area contributed by atoms with Gasteiger partial charge in [0.15, 0.2) is 0 Å². The molecule has 6 nitrogen and oxygen atoms in total. The third kappa shape index (κ3) is 5.71. The summed E-state index contributed by atoms with van der Waals surface area (Å²) in [5, 5.41) is 0. The quantitative estimate of drug-likeness (QED) is 0.422. The van der Waals surface area contributed by atoms with Gasteiger partial charge in [0.1, 0.15) is 5.82 Å². The van der Waals surface area contributed by atoms with Gasteiger partial charge >= 0.3 is 0 Å². The summed E-state index contributed by atoms with van der Waals surface area (Å²) in [5.41, 5.74) is 1.79. The average Bonchev–Trinajstić information content (AvgIpc) is 2.79. The van der Waals surface area contributed by atoms with E-state index in [1.165, 1.54) is 18.2 Å². The summed E-state index contributed by atoms with van der Waals surface area (Å²) in [6, 6.07) is 12.8. The fraction of sp³-hybridized carbons (Fsp3) is 0.320. The van der Waals surface area contributed by atoms with E-state index in [1.54, 1.807) is 24.4 Å². The van der Waals surface area contributed by atoms with Crippen LogP contribution in [0.1, 0.15) is 56.4 Å². The Morgan fingerprint density at radius 1 is 0.853 bits per heavy atom. The van der Waals surface area contributed by atoms with E-state index < -0.39 is 25.7 Å². The molecule has 0 unspecified atom stereocenters. The molecule has 1 aromatic heterocycles. The van der Waals surface area contributed by atoms with Crippen molar-refractivity contribution < 1.29 is 21.2 Å². The van der Waals surface area contributed by atoms with Crippen molar-refractivity contribution in [2.24, 2.45) is 0 Å². The highest BCUT2D eigenvalue weighted by atomic mass is 32.2. The van der Waals surface area contributed by atoms with Crippen molar-refractivity contribution in [1.29, 1.82) is 0 Å². The van der Waals surface area contributed by atoms with Gasteiger partial charge in [0, 0.05) is 24.9 Å². The van der Waals surface area contributed by atoms with Crippen LogP contribution in [0.3, 0.4) is 0 Å². The Hall–Kier alpha value is -2.62. The van der Waals surface area contributed by atoms with Gasteiger partial charge in [-0.05, 0) is 65.4 Å². The highest BCUT2D eigenvalue weighted by molar-refractivity contribution is 7.91. The molecule has 0 atom stereocenters. The molecule has 0 radical (unpaired) electrons. The predicted octanol–water partition coefficient (Wildman–Crippen LogP) is 4.82. The van der Waals surface area contributed by atoms with Crippen molar-refractivity contribution in [3.63, 3.8) is 0 Å². The van der Waals surface area contributed by atoms with E-state index in [1.807, 2.05) is 33.8 Å². The molecule has 0 fully saturated rings. The molecule has 34 heavy (non-hydrogen) atoms. The Bertz CT molecular complexity index is 1350. The lowest BCUT2D eigenvalue weighted by atomic mass is 9.95. The largest absolute Gasteiger partial charge is 0.261 e. The lowest BCUT2D eigenvalue weighted by Crippen LogP contribution is -2.28. The van der Waals surface area contributed by atoms with Crippen molar-refractivity contribution in [3.05, 3.63) is 83.4 Å². The molecule has 0 amide bonds. The van der Waals surface area contributed by atoms with E-state index >= 15 is 0 Å². The predicted molar refractivity (Wildman–Crippen MR) is 130 cm³/mol. The Morgan fingerprint density at radius 3 is 2.03 bits per heavy atom. The van der Waals surface area contributed by atoms with Gasteiger partial charge in [-0.2, -0.15) is 0 Å². The molecule has 2 aromatic carbocycles. The second-order valence-corrected chi connectivity index (χ2v) is 12.3. The molecule has 0 aliphatic heterocycles. The summed E-state index contributed by atoms with van der Waals surface area (Å²) in [6.45, 7) is 7.54. The van der Waals surface area contributed by atoms with Gasteiger partial charge in [-0.25, -0.2) is 25.9 Å². The standard InChI is InChI=1S/C25H29FN2O4S2/c1-17(2)22-15-23(18(3)4)25(34(31,32)28-14-12-20-7-5-6-13-27-20)16-24(22)33(29,30)21-10-8-19(26)9-11-21/h5-11,13,15-18,28H,12,14H2,1-4H3. The molecule has 0 saturated carbocycles. The van der Waals surface area contributed by atoms with Crippen LogP contribution in [0.5, 0.6) is 0 Å². The minimum atomic E-state index is -4.09. The monoisotopic (exact) mass is 504 g/mol. The maximum absolute atomic E-state index is 13.5. The van der Waals surface area contributed by atoms with Gasteiger partial charge in [0.05, 0.1) is 14.7 Å². The molecule has 3 rings (SSSR count). The van der Waals surface area contributed by atoms with Crippen molar-refractivity contribution in [2.45, 2.75) is 60.6 Å². The molecule has 1 heterocycles. The van der Waals surface area contributed by atoms with Crippen LogP contribution in [0, 0.1) is 5.82 Å². The highest BCUT2D eigenvalue weighted by Gasteiger charge is 2.29. The number of hydrogen-bond donors (Lipinski definition) is 1. The number of hydrogen-bond acceptors (Lipinski definition) is 5.